The molecule has 1 saturated carbocycles. The Labute approximate surface area is 118 Å². The number of rotatable bonds is 9. The monoisotopic (exact) mass is 269 g/mol. The highest BCUT2D eigenvalue weighted by Gasteiger charge is 2.24. The van der Waals surface area contributed by atoms with Crippen molar-refractivity contribution in [3.05, 3.63) is 0 Å². The number of amides is 1. The first-order valence-corrected chi connectivity index (χ1v) is 7.94. The molecule has 0 heterocycles. The number of carbonyl (C=O) groups excluding carboxylic acids is 1. The topological polar surface area (TPSA) is 58.4 Å². The van der Waals surface area contributed by atoms with Crippen molar-refractivity contribution in [1.29, 1.82) is 0 Å². The molecule has 4 heteroatoms. The molecule has 4 nitrogen and oxygen atoms in total. The Morgan fingerprint density at radius 1 is 1.32 bits per heavy atom. The minimum absolute atomic E-state index is 0.178. The molecule has 1 rings (SSSR count). The molecule has 0 aliphatic heterocycles. The predicted octanol–water partition coefficient (Wildman–Crippen LogP) is 1.88. The second-order valence-electron chi connectivity index (χ2n) is 5.63. The van der Waals surface area contributed by atoms with Gasteiger partial charge in [-0.05, 0) is 38.6 Å². The zero-order valence-corrected chi connectivity index (χ0v) is 12.7. The van der Waals surface area contributed by atoms with Crippen LogP contribution in [0.15, 0.2) is 0 Å². The van der Waals surface area contributed by atoms with Crippen molar-refractivity contribution in [1.82, 2.24) is 10.2 Å². The summed E-state index contributed by atoms with van der Waals surface area (Å²) >= 11 is 0. The van der Waals surface area contributed by atoms with Crippen LogP contribution in [0.1, 0.15) is 58.8 Å². The third-order valence-electron chi connectivity index (χ3n) is 4.19. The molecule has 0 saturated heterocycles. The van der Waals surface area contributed by atoms with E-state index in [1.54, 1.807) is 0 Å². The lowest BCUT2D eigenvalue weighted by Crippen LogP contribution is -2.45. The molecular formula is C15H31N3O. The number of hydrogen-bond donors (Lipinski definition) is 2. The van der Waals surface area contributed by atoms with Gasteiger partial charge in [-0.1, -0.05) is 26.7 Å². The normalized spacial score (nSPS) is 16.5. The summed E-state index contributed by atoms with van der Waals surface area (Å²) in [5.41, 5.74) is 5.60. The molecule has 0 spiro atoms. The van der Waals surface area contributed by atoms with E-state index in [4.69, 9.17) is 5.73 Å². The van der Waals surface area contributed by atoms with Crippen LogP contribution in [0.5, 0.6) is 0 Å². The van der Waals surface area contributed by atoms with Crippen LogP contribution in [-0.4, -0.2) is 42.5 Å². The van der Waals surface area contributed by atoms with Gasteiger partial charge in [-0.3, -0.25) is 9.69 Å². The van der Waals surface area contributed by atoms with Crippen LogP contribution >= 0.6 is 0 Å². The molecule has 0 radical (unpaired) electrons. The fourth-order valence-corrected chi connectivity index (χ4v) is 2.91. The highest BCUT2D eigenvalue weighted by atomic mass is 16.2. The molecular weight excluding hydrogens is 238 g/mol. The van der Waals surface area contributed by atoms with Crippen molar-refractivity contribution in [3.63, 3.8) is 0 Å². The van der Waals surface area contributed by atoms with Crippen LogP contribution in [0, 0.1) is 0 Å². The smallest absolute Gasteiger partial charge is 0.234 e. The van der Waals surface area contributed by atoms with Gasteiger partial charge in [-0.25, -0.2) is 0 Å². The lowest BCUT2D eigenvalue weighted by Gasteiger charge is -2.28. The van der Waals surface area contributed by atoms with Crippen molar-refractivity contribution in [3.8, 4) is 0 Å². The van der Waals surface area contributed by atoms with Crippen molar-refractivity contribution >= 4 is 5.91 Å². The van der Waals surface area contributed by atoms with Crippen molar-refractivity contribution in [2.45, 2.75) is 70.9 Å². The summed E-state index contributed by atoms with van der Waals surface area (Å²) in [6, 6.07) is 0.923. The maximum absolute atomic E-state index is 12.1. The van der Waals surface area contributed by atoms with Gasteiger partial charge in [0.05, 0.1) is 6.54 Å². The Hall–Kier alpha value is -0.610. The predicted molar refractivity (Wildman–Crippen MR) is 80.0 cm³/mol. The van der Waals surface area contributed by atoms with Crippen LogP contribution in [0.4, 0.5) is 0 Å². The summed E-state index contributed by atoms with van der Waals surface area (Å²) in [4.78, 5) is 14.5. The van der Waals surface area contributed by atoms with Gasteiger partial charge in [0.15, 0.2) is 0 Å². The first kappa shape index (κ1) is 16.4. The molecule has 0 bridgehead atoms. The van der Waals surface area contributed by atoms with Crippen LogP contribution < -0.4 is 11.1 Å². The van der Waals surface area contributed by atoms with E-state index in [-0.39, 0.29) is 5.91 Å². The molecule has 0 atom stereocenters. The van der Waals surface area contributed by atoms with Gasteiger partial charge >= 0.3 is 0 Å². The van der Waals surface area contributed by atoms with E-state index in [1.807, 2.05) is 0 Å². The Kier molecular flexibility index (Phi) is 8.07. The van der Waals surface area contributed by atoms with E-state index in [0.29, 0.717) is 25.2 Å². The van der Waals surface area contributed by atoms with Crippen molar-refractivity contribution in [2.24, 2.45) is 5.73 Å². The summed E-state index contributed by atoms with van der Waals surface area (Å²) < 4.78 is 0. The average molecular weight is 269 g/mol. The maximum atomic E-state index is 12.1. The van der Waals surface area contributed by atoms with Gasteiger partial charge in [0, 0.05) is 18.6 Å². The van der Waals surface area contributed by atoms with Gasteiger partial charge in [0.1, 0.15) is 0 Å². The zero-order chi connectivity index (χ0) is 14.1. The third kappa shape index (κ3) is 5.91. The van der Waals surface area contributed by atoms with Gasteiger partial charge in [-0.2, -0.15) is 0 Å². The van der Waals surface area contributed by atoms with Gasteiger partial charge < -0.3 is 11.1 Å². The van der Waals surface area contributed by atoms with E-state index < -0.39 is 0 Å². The molecule has 1 fully saturated rings. The Morgan fingerprint density at radius 3 is 2.47 bits per heavy atom. The van der Waals surface area contributed by atoms with Gasteiger partial charge in [-0.15, -0.1) is 0 Å². The molecule has 3 N–H and O–H groups in total. The van der Waals surface area contributed by atoms with Crippen LogP contribution in [0.25, 0.3) is 0 Å². The largest absolute Gasteiger partial charge is 0.352 e. The number of carbonyl (C=O) groups is 1. The minimum Gasteiger partial charge on any atom is -0.352 e. The highest BCUT2D eigenvalue weighted by molar-refractivity contribution is 5.78. The molecule has 0 aromatic rings. The van der Waals surface area contributed by atoms with E-state index in [2.05, 4.69) is 24.1 Å². The fourth-order valence-electron chi connectivity index (χ4n) is 2.91. The fraction of sp³-hybridized carbons (Fsp3) is 0.933. The second-order valence-corrected chi connectivity index (χ2v) is 5.63. The Bertz CT molecular complexity index is 248. The number of nitrogens with one attached hydrogen (secondary N) is 1. The van der Waals surface area contributed by atoms with Crippen LogP contribution in [0.3, 0.4) is 0 Å². The zero-order valence-electron chi connectivity index (χ0n) is 12.7. The van der Waals surface area contributed by atoms with Crippen LogP contribution in [-0.2, 0) is 4.79 Å². The second kappa shape index (κ2) is 9.32. The average Bonchev–Trinajstić information content (AvgIpc) is 2.94. The molecule has 1 amide bonds. The SMILES string of the molecule is CCC(CC)NC(=O)CN(CCCN)C1CCCC1. The molecule has 0 unspecified atom stereocenters. The molecule has 1 aliphatic carbocycles. The first-order valence-electron chi connectivity index (χ1n) is 7.94. The van der Waals surface area contributed by atoms with E-state index in [9.17, 15) is 4.79 Å². The first-order chi connectivity index (χ1) is 9.21. The summed E-state index contributed by atoms with van der Waals surface area (Å²) in [6.07, 6.45) is 8.08. The Balaban J connectivity index is 2.43. The molecule has 112 valence electrons. The molecule has 0 aromatic carbocycles. The molecule has 19 heavy (non-hydrogen) atoms. The third-order valence-corrected chi connectivity index (χ3v) is 4.19. The van der Waals surface area contributed by atoms with Crippen LogP contribution in [0.2, 0.25) is 0 Å². The summed E-state index contributed by atoms with van der Waals surface area (Å²) in [6.45, 7) is 6.45. The van der Waals surface area contributed by atoms with E-state index >= 15 is 0 Å². The van der Waals surface area contributed by atoms with E-state index in [1.165, 1.54) is 25.7 Å². The molecule has 0 aromatic heterocycles. The Morgan fingerprint density at radius 2 is 1.95 bits per heavy atom. The standard InChI is InChI=1S/C15H31N3O/c1-3-13(4-2)17-15(19)12-18(11-7-10-16)14-8-5-6-9-14/h13-14H,3-12,16H2,1-2H3,(H,17,19). The number of hydrogen-bond acceptors (Lipinski definition) is 3. The quantitative estimate of drug-likeness (QED) is 0.672. The summed E-state index contributed by atoms with van der Waals surface area (Å²) in [5.74, 6) is 0.178. The highest BCUT2D eigenvalue weighted by Crippen LogP contribution is 2.23. The van der Waals surface area contributed by atoms with Gasteiger partial charge in [0.2, 0.25) is 5.91 Å². The summed E-state index contributed by atoms with van der Waals surface area (Å²) in [7, 11) is 0. The van der Waals surface area contributed by atoms with Crippen molar-refractivity contribution < 1.29 is 4.79 Å². The lowest BCUT2D eigenvalue weighted by atomic mass is 10.1. The minimum atomic E-state index is 0.178. The van der Waals surface area contributed by atoms with Gasteiger partial charge in [0.25, 0.3) is 0 Å². The summed E-state index contributed by atoms with van der Waals surface area (Å²) in [5, 5.41) is 3.13. The van der Waals surface area contributed by atoms with Crippen molar-refractivity contribution in [2.75, 3.05) is 19.6 Å². The number of nitrogens with zero attached hydrogens (tertiary/aromatic N) is 1. The van der Waals surface area contributed by atoms with E-state index in [0.717, 1.165) is 25.8 Å². The maximum Gasteiger partial charge on any atom is 0.234 e. The number of nitrogens with two attached hydrogens (primary N) is 1. The molecule has 1 aliphatic rings. The lowest BCUT2D eigenvalue weighted by molar-refractivity contribution is -0.123.